The SMILES string of the molecule is CC1CC2C(CC1C(=Cc1ccc(CO)cc1)[Si](C)(C)C)C(C)(C)CCC2(C)C. The third-order valence-corrected chi connectivity index (χ3v) is 10.7. The van der Waals surface area contributed by atoms with Crippen molar-refractivity contribution >= 4 is 14.1 Å². The number of aliphatic hydroxyl groups is 1. The molecule has 2 saturated carbocycles. The van der Waals surface area contributed by atoms with Gasteiger partial charge in [0.05, 0.1) is 14.7 Å². The summed E-state index contributed by atoms with van der Waals surface area (Å²) >= 11 is 0. The Kier molecular flexibility index (Phi) is 6.29. The van der Waals surface area contributed by atoms with Gasteiger partial charge < -0.3 is 5.11 Å². The monoisotopic (exact) mass is 412 g/mol. The molecule has 4 unspecified atom stereocenters. The second-order valence-corrected chi connectivity index (χ2v) is 17.6. The van der Waals surface area contributed by atoms with Crippen LogP contribution in [0.4, 0.5) is 0 Å². The lowest BCUT2D eigenvalue weighted by molar-refractivity contribution is -0.0686. The predicted octanol–water partition coefficient (Wildman–Crippen LogP) is 7.56. The Labute approximate surface area is 181 Å². The molecule has 29 heavy (non-hydrogen) atoms. The molecule has 0 aromatic heterocycles. The summed E-state index contributed by atoms with van der Waals surface area (Å²) in [6.45, 7) is 20.4. The Morgan fingerprint density at radius 2 is 1.48 bits per heavy atom. The van der Waals surface area contributed by atoms with Crippen LogP contribution >= 0.6 is 0 Å². The minimum atomic E-state index is -1.45. The van der Waals surface area contributed by atoms with Gasteiger partial charge in [0.1, 0.15) is 0 Å². The fraction of sp³-hybridized carbons (Fsp3) is 0.704. The van der Waals surface area contributed by atoms with E-state index in [-0.39, 0.29) is 6.61 Å². The van der Waals surface area contributed by atoms with E-state index in [1.54, 1.807) is 5.20 Å². The fourth-order valence-corrected chi connectivity index (χ4v) is 8.47. The van der Waals surface area contributed by atoms with Gasteiger partial charge in [0.25, 0.3) is 0 Å². The lowest BCUT2D eigenvalue weighted by Crippen LogP contribution is -2.50. The Bertz CT molecular complexity index is 735. The molecule has 1 nitrogen and oxygen atoms in total. The van der Waals surface area contributed by atoms with Crippen LogP contribution < -0.4 is 0 Å². The third-order valence-electron chi connectivity index (χ3n) is 8.48. The summed E-state index contributed by atoms with van der Waals surface area (Å²) in [6.07, 6.45) is 8.03. The van der Waals surface area contributed by atoms with Crippen molar-refractivity contribution in [1.29, 1.82) is 0 Å². The van der Waals surface area contributed by atoms with Crippen LogP contribution in [0.2, 0.25) is 19.6 Å². The smallest absolute Gasteiger partial charge is 0.0728 e. The zero-order chi connectivity index (χ0) is 21.6. The zero-order valence-electron chi connectivity index (χ0n) is 20.2. The van der Waals surface area contributed by atoms with Gasteiger partial charge in [-0.05, 0) is 71.3 Å². The van der Waals surface area contributed by atoms with Crippen molar-refractivity contribution in [3.63, 3.8) is 0 Å². The van der Waals surface area contributed by atoms with E-state index in [0.717, 1.165) is 23.3 Å². The number of hydrogen-bond acceptors (Lipinski definition) is 1. The quantitative estimate of drug-likeness (QED) is 0.506. The predicted molar refractivity (Wildman–Crippen MR) is 129 cm³/mol. The number of benzene rings is 1. The zero-order valence-corrected chi connectivity index (χ0v) is 21.2. The number of rotatable bonds is 4. The first-order valence-corrected chi connectivity index (χ1v) is 15.3. The van der Waals surface area contributed by atoms with Crippen LogP contribution in [0.3, 0.4) is 0 Å². The van der Waals surface area contributed by atoms with E-state index in [1.807, 2.05) is 0 Å². The number of fused-ring (bicyclic) bond motifs is 1. The molecule has 0 amide bonds. The average molecular weight is 413 g/mol. The number of aliphatic hydroxyl groups excluding tert-OH is 1. The molecular weight excluding hydrogens is 368 g/mol. The van der Waals surface area contributed by atoms with Gasteiger partial charge >= 0.3 is 0 Å². The van der Waals surface area contributed by atoms with Crippen LogP contribution in [-0.4, -0.2) is 13.2 Å². The number of allylic oxidation sites excluding steroid dienone is 1. The van der Waals surface area contributed by atoms with Gasteiger partial charge in [-0.3, -0.25) is 0 Å². The molecule has 0 saturated heterocycles. The molecule has 0 heterocycles. The summed E-state index contributed by atoms with van der Waals surface area (Å²) < 4.78 is 0. The first kappa shape index (κ1) is 22.8. The van der Waals surface area contributed by atoms with Crippen molar-refractivity contribution < 1.29 is 5.11 Å². The van der Waals surface area contributed by atoms with Gasteiger partial charge in [-0.1, -0.05) is 89.8 Å². The highest BCUT2D eigenvalue weighted by Crippen LogP contribution is 2.60. The van der Waals surface area contributed by atoms with Gasteiger partial charge in [-0.25, -0.2) is 0 Å². The molecule has 1 N–H and O–H groups in total. The summed E-state index contributed by atoms with van der Waals surface area (Å²) in [5.74, 6) is 3.18. The molecule has 1 aromatic rings. The second-order valence-electron chi connectivity index (χ2n) is 12.5. The molecule has 0 spiro atoms. The van der Waals surface area contributed by atoms with Gasteiger partial charge in [-0.2, -0.15) is 0 Å². The molecule has 2 aliphatic carbocycles. The standard InChI is InChI=1S/C27H44OSi/c1-19-15-23-24(27(4,5)14-13-26(23,2)3)17-22(19)25(29(6,7)8)16-20-9-11-21(18-28)12-10-20/h9-12,16,19,22-24,28H,13-15,17-18H2,1-8H3. The van der Waals surface area contributed by atoms with E-state index in [9.17, 15) is 5.11 Å². The maximum Gasteiger partial charge on any atom is 0.0728 e. The highest BCUT2D eigenvalue weighted by atomic mass is 28.3. The summed E-state index contributed by atoms with van der Waals surface area (Å²) in [5, 5.41) is 11.1. The van der Waals surface area contributed by atoms with Crippen molar-refractivity contribution in [2.24, 2.45) is 34.5 Å². The molecule has 1 aromatic carbocycles. The van der Waals surface area contributed by atoms with E-state index in [4.69, 9.17) is 0 Å². The molecule has 4 atom stereocenters. The van der Waals surface area contributed by atoms with E-state index < -0.39 is 8.07 Å². The van der Waals surface area contributed by atoms with Crippen LogP contribution in [0.25, 0.3) is 6.08 Å². The molecule has 0 aliphatic heterocycles. The van der Waals surface area contributed by atoms with Crippen LogP contribution in [0.15, 0.2) is 29.5 Å². The fourth-order valence-electron chi connectivity index (χ4n) is 6.35. The van der Waals surface area contributed by atoms with Crippen molar-refractivity contribution in [3.8, 4) is 0 Å². The molecule has 0 bridgehead atoms. The summed E-state index contributed by atoms with van der Waals surface area (Å²) in [4.78, 5) is 0. The minimum Gasteiger partial charge on any atom is -0.392 e. The first-order valence-electron chi connectivity index (χ1n) is 11.8. The Morgan fingerprint density at radius 1 is 0.966 bits per heavy atom. The van der Waals surface area contributed by atoms with E-state index in [0.29, 0.717) is 16.7 Å². The van der Waals surface area contributed by atoms with Crippen molar-refractivity contribution in [3.05, 3.63) is 40.6 Å². The van der Waals surface area contributed by atoms with Crippen LogP contribution in [0.1, 0.15) is 71.4 Å². The average Bonchev–Trinajstić information content (AvgIpc) is 2.63. The largest absolute Gasteiger partial charge is 0.392 e. The van der Waals surface area contributed by atoms with E-state index >= 15 is 0 Å². The molecule has 2 fully saturated rings. The van der Waals surface area contributed by atoms with Gasteiger partial charge in [0.15, 0.2) is 0 Å². The maximum absolute atomic E-state index is 9.37. The minimum absolute atomic E-state index is 0.123. The second kappa shape index (κ2) is 8.00. The van der Waals surface area contributed by atoms with Crippen molar-refractivity contribution in [1.82, 2.24) is 0 Å². The Morgan fingerprint density at radius 3 is 1.97 bits per heavy atom. The third kappa shape index (κ3) is 4.74. The summed E-state index contributed by atoms with van der Waals surface area (Å²) in [7, 11) is -1.45. The van der Waals surface area contributed by atoms with Crippen LogP contribution in [0, 0.1) is 34.5 Å². The van der Waals surface area contributed by atoms with Gasteiger partial charge in [0, 0.05) is 0 Å². The van der Waals surface area contributed by atoms with Crippen LogP contribution in [-0.2, 0) is 6.61 Å². The topological polar surface area (TPSA) is 20.2 Å². The summed E-state index contributed by atoms with van der Waals surface area (Å²) in [5.41, 5.74) is 3.25. The lowest BCUT2D eigenvalue weighted by atomic mass is 9.48. The first-order chi connectivity index (χ1) is 13.3. The van der Waals surface area contributed by atoms with E-state index in [1.165, 1.54) is 31.2 Å². The molecule has 162 valence electrons. The van der Waals surface area contributed by atoms with Crippen molar-refractivity contribution in [2.75, 3.05) is 0 Å². The highest BCUT2D eigenvalue weighted by molar-refractivity contribution is 6.83. The van der Waals surface area contributed by atoms with Gasteiger partial charge in [0.2, 0.25) is 0 Å². The van der Waals surface area contributed by atoms with Crippen LogP contribution in [0.5, 0.6) is 0 Å². The molecular formula is C27H44OSi. The maximum atomic E-state index is 9.37. The lowest BCUT2D eigenvalue weighted by Gasteiger charge is -2.58. The highest BCUT2D eigenvalue weighted by Gasteiger charge is 2.52. The van der Waals surface area contributed by atoms with E-state index in [2.05, 4.69) is 84.6 Å². The molecule has 2 aliphatic rings. The van der Waals surface area contributed by atoms with Crippen molar-refractivity contribution in [2.45, 2.75) is 86.5 Å². The molecule has 0 radical (unpaired) electrons. The summed E-state index contributed by atoms with van der Waals surface area (Å²) in [6, 6.07) is 8.52. The molecule has 3 rings (SSSR count). The Hall–Kier alpha value is -0.863. The normalized spacial score (nSPS) is 32.0. The Balaban J connectivity index is 1.97. The van der Waals surface area contributed by atoms with Gasteiger partial charge in [-0.15, -0.1) is 0 Å². The number of hydrogen-bond donors (Lipinski definition) is 1. The molecule has 2 heteroatoms.